The lowest BCUT2D eigenvalue weighted by molar-refractivity contribution is -0.136. The predicted molar refractivity (Wildman–Crippen MR) is 110 cm³/mol. The number of nitrogens with zero attached hydrogens (tertiary/aromatic N) is 2. The second-order valence-corrected chi connectivity index (χ2v) is 10.5. The van der Waals surface area contributed by atoms with Crippen molar-refractivity contribution in [1.29, 1.82) is 0 Å². The van der Waals surface area contributed by atoms with Crippen LogP contribution in [0.5, 0.6) is 0 Å². The molecule has 0 bridgehead atoms. The largest absolute Gasteiger partial charge is 0.464 e. The van der Waals surface area contributed by atoms with E-state index in [1.54, 1.807) is 11.9 Å². The number of carbonyl (C=O) groups is 1. The minimum Gasteiger partial charge on any atom is -0.464 e. The molecule has 2 fully saturated rings. The summed E-state index contributed by atoms with van der Waals surface area (Å²) >= 11 is 0. The monoisotopic (exact) mass is 452 g/mol. The van der Waals surface area contributed by atoms with Gasteiger partial charge in [-0.15, -0.1) is 0 Å². The number of piperidine rings is 1. The summed E-state index contributed by atoms with van der Waals surface area (Å²) in [5.41, 5.74) is 0. The first-order valence-corrected chi connectivity index (χ1v) is 11.9. The molecule has 31 heavy (non-hydrogen) atoms. The first kappa shape index (κ1) is 22.0. The molecule has 2 aromatic rings. The first-order chi connectivity index (χ1) is 14.7. The van der Waals surface area contributed by atoms with Crippen molar-refractivity contribution >= 4 is 15.9 Å². The lowest BCUT2D eigenvalue weighted by atomic mass is 9.96. The van der Waals surface area contributed by atoms with E-state index in [0.717, 1.165) is 30.1 Å². The van der Waals surface area contributed by atoms with Crippen LogP contribution in [0, 0.1) is 23.5 Å². The second kappa shape index (κ2) is 8.35. The van der Waals surface area contributed by atoms with Gasteiger partial charge < -0.3 is 9.32 Å². The average Bonchev–Trinajstić information content (AvgIpc) is 3.30. The maximum Gasteiger partial charge on any atom is 0.243 e. The van der Waals surface area contributed by atoms with E-state index in [2.05, 4.69) is 6.92 Å². The molecule has 0 N–H and O–H groups in total. The fraction of sp³-hybridized carbons (Fsp3) is 0.500. The number of sulfonamides is 1. The maximum atomic E-state index is 13.5. The molecule has 6 nitrogen and oxygen atoms in total. The molecular weight excluding hydrogens is 426 g/mol. The molecule has 4 rings (SSSR count). The molecule has 1 amide bonds. The van der Waals surface area contributed by atoms with Crippen LogP contribution in [0.15, 0.2) is 39.6 Å². The van der Waals surface area contributed by atoms with E-state index >= 15 is 0 Å². The molecule has 0 unspecified atom stereocenters. The summed E-state index contributed by atoms with van der Waals surface area (Å²) in [6, 6.07) is 6.43. The molecule has 0 spiro atoms. The van der Waals surface area contributed by atoms with Crippen LogP contribution in [0.25, 0.3) is 0 Å². The van der Waals surface area contributed by atoms with Crippen molar-refractivity contribution in [2.45, 2.75) is 43.5 Å². The smallest absolute Gasteiger partial charge is 0.243 e. The molecule has 2 aliphatic rings. The molecule has 0 radical (unpaired) electrons. The Kier molecular flexibility index (Phi) is 5.91. The van der Waals surface area contributed by atoms with Crippen molar-refractivity contribution in [2.75, 3.05) is 20.1 Å². The molecular formula is C22H26F2N2O4S. The molecule has 2 atom stereocenters. The molecule has 1 saturated heterocycles. The number of amides is 1. The highest BCUT2D eigenvalue weighted by Crippen LogP contribution is 2.47. The highest BCUT2D eigenvalue weighted by Gasteiger charge is 2.37. The third kappa shape index (κ3) is 4.52. The normalized spacial score (nSPS) is 22.5. The van der Waals surface area contributed by atoms with Crippen LogP contribution in [0.2, 0.25) is 0 Å². The molecule has 2 heterocycles. The number of rotatable bonds is 6. The van der Waals surface area contributed by atoms with Gasteiger partial charge in [0, 0.05) is 32.0 Å². The lowest BCUT2D eigenvalue weighted by Gasteiger charge is -2.32. The molecule has 9 heteroatoms. The standard InChI is InChI=1S/C22H26F2N2O4S/c1-14-11-18(14)21-6-3-16(30-21)13-25(2)22(27)15-7-9-26(10-8-15)31(28,29)17-4-5-19(23)20(24)12-17/h3-6,12,14-15,18H,7-11,13H2,1-2H3/t14-,18+/m0/s1. The Morgan fingerprint density at radius 1 is 1.16 bits per heavy atom. The highest BCUT2D eigenvalue weighted by molar-refractivity contribution is 7.89. The van der Waals surface area contributed by atoms with Crippen molar-refractivity contribution in [3.63, 3.8) is 0 Å². The van der Waals surface area contributed by atoms with Crippen LogP contribution in [0.3, 0.4) is 0 Å². The van der Waals surface area contributed by atoms with Gasteiger partial charge >= 0.3 is 0 Å². The summed E-state index contributed by atoms with van der Waals surface area (Å²) < 4.78 is 59.1. The van der Waals surface area contributed by atoms with Crippen molar-refractivity contribution < 1.29 is 26.4 Å². The first-order valence-electron chi connectivity index (χ1n) is 10.5. The SMILES string of the molecule is C[C@H]1C[C@H]1c1ccc(CN(C)C(=O)C2CCN(S(=O)(=O)c3ccc(F)c(F)c3)CC2)o1. The van der Waals surface area contributed by atoms with E-state index in [9.17, 15) is 22.0 Å². The van der Waals surface area contributed by atoms with Gasteiger partial charge in [0.05, 0.1) is 11.4 Å². The Morgan fingerprint density at radius 3 is 2.45 bits per heavy atom. The van der Waals surface area contributed by atoms with Crippen molar-refractivity contribution in [2.24, 2.45) is 11.8 Å². The van der Waals surface area contributed by atoms with Crippen LogP contribution < -0.4 is 0 Å². The average molecular weight is 453 g/mol. The van der Waals surface area contributed by atoms with Gasteiger partial charge in [-0.1, -0.05) is 6.92 Å². The quantitative estimate of drug-likeness (QED) is 0.670. The number of carbonyl (C=O) groups excluding carboxylic acids is 1. The summed E-state index contributed by atoms with van der Waals surface area (Å²) in [4.78, 5) is 14.2. The fourth-order valence-electron chi connectivity index (χ4n) is 4.15. The van der Waals surface area contributed by atoms with Crippen LogP contribution in [0.4, 0.5) is 8.78 Å². The Hall–Kier alpha value is -2.26. The van der Waals surface area contributed by atoms with E-state index in [1.807, 2.05) is 12.1 Å². The minimum absolute atomic E-state index is 0.0531. The number of hydrogen-bond acceptors (Lipinski definition) is 4. The van der Waals surface area contributed by atoms with Crippen LogP contribution in [-0.4, -0.2) is 43.7 Å². The van der Waals surface area contributed by atoms with E-state index in [1.165, 1.54) is 4.31 Å². The number of halogens is 2. The predicted octanol–water partition coefficient (Wildman–Crippen LogP) is 3.74. The zero-order valence-corrected chi connectivity index (χ0v) is 18.4. The minimum atomic E-state index is -3.94. The Bertz CT molecular complexity index is 1080. The molecule has 1 aliphatic heterocycles. The highest BCUT2D eigenvalue weighted by atomic mass is 32.2. The third-order valence-electron chi connectivity index (χ3n) is 6.26. The summed E-state index contributed by atoms with van der Waals surface area (Å²) in [5.74, 6) is 0.192. The van der Waals surface area contributed by atoms with E-state index in [0.29, 0.717) is 37.3 Å². The zero-order chi connectivity index (χ0) is 22.3. The Balaban J connectivity index is 1.33. The molecule has 1 aliphatic carbocycles. The number of benzene rings is 1. The molecule has 168 valence electrons. The van der Waals surface area contributed by atoms with Crippen molar-refractivity contribution in [3.8, 4) is 0 Å². The summed E-state index contributed by atoms with van der Waals surface area (Å²) in [6.07, 6.45) is 1.87. The maximum absolute atomic E-state index is 13.5. The van der Waals surface area contributed by atoms with Gasteiger partial charge in [0.15, 0.2) is 11.6 Å². The van der Waals surface area contributed by atoms with Gasteiger partial charge in [-0.25, -0.2) is 17.2 Å². The lowest BCUT2D eigenvalue weighted by Crippen LogP contribution is -2.43. The second-order valence-electron chi connectivity index (χ2n) is 8.57. The van der Waals surface area contributed by atoms with Crippen molar-refractivity contribution in [1.82, 2.24) is 9.21 Å². The molecule has 1 saturated carbocycles. The number of furan rings is 1. The van der Waals surface area contributed by atoms with Gasteiger partial charge in [-0.05, 0) is 55.5 Å². The van der Waals surface area contributed by atoms with Gasteiger partial charge in [-0.2, -0.15) is 4.31 Å². The van der Waals surface area contributed by atoms with Crippen LogP contribution in [-0.2, 0) is 21.4 Å². The Morgan fingerprint density at radius 2 is 1.84 bits per heavy atom. The van der Waals surface area contributed by atoms with Gasteiger partial charge in [0.1, 0.15) is 11.5 Å². The van der Waals surface area contributed by atoms with E-state index < -0.39 is 21.7 Å². The van der Waals surface area contributed by atoms with E-state index in [-0.39, 0.29) is 29.8 Å². The summed E-state index contributed by atoms with van der Waals surface area (Å²) in [7, 11) is -2.22. The fourth-order valence-corrected chi connectivity index (χ4v) is 5.63. The van der Waals surface area contributed by atoms with Crippen LogP contribution in [0.1, 0.15) is 43.6 Å². The van der Waals surface area contributed by atoms with Crippen LogP contribution >= 0.6 is 0 Å². The summed E-state index contributed by atoms with van der Waals surface area (Å²) in [6.45, 7) is 2.85. The van der Waals surface area contributed by atoms with Gasteiger partial charge in [0.2, 0.25) is 15.9 Å². The topological polar surface area (TPSA) is 70.8 Å². The molecule has 1 aromatic heterocycles. The van der Waals surface area contributed by atoms with Crippen molar-refractivity contribution in [3.05, 3.63) is 53.5 Å². The third-order valence-corrected chi connectivity index (χ3v) is 8.15. The Labute approximate surface area is 180 Å². The van der Waals surface area contributed by atoms with Gasteiger partial charge in [-0.3, -0.25) is 4.79 Å². The van der Waals surface area contributed by atoms with Gasteiger partial charge in [0.25, 0.3) is 0 Å². The zero-order valence-electron chi connectivity index (χ0n) is 17.6. The van der Waals surface area contributed by atoms with E-state index in [4.69, 9.17) is 4.42 Å². The summed E-state index contributed by atoms with van der Waals surface area (Å²) in [5, 5.41) is 0. The molecule has 1 aromatic carbocycles. The number of hydrogen-bond donors (Lipinski definition) is 0.